The number of hydrogen-bond donors (Lipinski definition) is 2. The standard InChI is InChI=1S/C9H20O4.C6H12O2.C4H10O/c1-7(11)5-12-9(3)6-13-8(2)4-10;1-3-5-8-6(7)4-2;1-3-5-4-2/h7-11H,4-6H2,1-3H3;3-5H2,1-2H3;3-4H2,1-2H3. The third-order valence-corrected chi connectivity index (χ3v) is 2.66. The predicted molar refractivity (Wildman–Crippen MR) is 103 cm³/mol. The number of rotatable bonds is 12. The highest BCUT2D eigenvalue weighted by atomic mass is 16.5. The monoisotopic (exact) mass is 382 g/mol. The Balaban J connectivity index is -0.000000346. The summed E-state index contributed by atoms with van der Waals surface area (Å²) in [5, 5.41) is 17.6. The van der Waals surface area contributed by atoms with Gasteiger partial charge in [-0.1, -0.05) is 13.8 Å². The first-order valence-electron chi connectivity index (χ1n) is 9.54. The normalized spacial score (nSPS) is 13.4. The summed E-state index contributed by atoms with van der Waals surface area (Å²) in [6.45, 7) is 16.1. The van der Waals surface area contributed by atoms with Crippen LogP contribution in [0.2, 0.25) is 0 Å². The molecule has 0 fully saturated rings. The van der Waals surface area contributed by atoms with Gasteiger partial charge < -0.3 is 29.2 Å². The molecule has 0 saturated heterocycles. The molecule has 0 bridgehead atoms. The SMILES string of the molecule is CC(O)COC(C)COC(C)CO.CCCOC(=O)CC.CCOCC. The molecule has 0 aromatic carbocycles. The molecule has 0 aliphatic rings. The summed E-state index contributed by atoms with van der Waals surface area (Å²) in [6, 6.07) is 0. The first-order valence-corrected chi connectivity index (χ1v) is 9.54. The van der Waals surface area contributed by atoms with Crippen molar-refractivity contribution in [1.82, 2.24) is 0 Å². The molecule has 3 unspecified atom stereocenters. The molecule has 7 heteroatoms. The second-order valence-electron chi connectivity index (χ2n) is 5.67. The summed E-state index contributed by atoms with van der Waals surface area (Å²) in [6.07, 6.45) is 0.741. The fourth-order valence-electron chi connectivity index (χ4n) is 1.23. The summed E-state index contributed by atoms with van der Waals surface area (Å²) < 4.78 is 20.0. The number of hydrogen-bond acceptors (Lipinski definition) is 7. The van der Waals surface area contributed by atoms with Crippen molar-refractivity contribution in [2.45, 2.75) is 79.6 Å². The molecular weight excluding hydrogens is 340 g/mol. The highest BCUT2D eigenvalue weighted by molar-refractivity contribution is 5.68. The Kier molecular flexibility index (Phi) is 28.0. The van der Waals surface area contributed by atoms with E-state index >= 15 is 0 Å². The summed E-state index contributed by atoms with van der Waals surface area (Å²) in [4.78, 5) is 10.3. The molecule has 0 saturated carbocycles. The van der Waals surface area contributed by atoms with Crippen molar-refractivity contribution in [2.75, 3.05) is 39.6 Å². The number of ether oxygens (including phenoxy) is 4. The average molecular weight is 383 g/mol. The lowest BCUT2D eigenvalue weighted by molar-refractivity contribution is -0.143. The molecule has 0 aromatic rings. The number of carbonyl (C=O) groups excluding carboxylic acids is 1. The van der Waals surface area contributed by atoms with Gasteiger partial charge in [-0.2, -0.15) is 0 Å². The second kappa shape index (κ2) is 24.3. The largest absolute Gasteiger partial charge is 0.466 e. The molecular formula is C19H42O7. The van der Waals surface area contributed by atoms with Crippen LogP contribution in [0, 0.1) is 0 Å². The smallest absolute Gasteiger partial charge is 0.305 e. The topological polar surface area (TPSA) is 94.5 Å². The van der Waals surface area contributed by atoms with Gasteiger partial charge in [0.05, 0.1) is 44.7 Å². The Morgan fingerprint density at radius 3 is 1.81 bits per heavy atom. The van der Waals surface area contributed by atoms with Crippen LogP contribution in [-0.2, 0) is 23.7 Å². The van der Waals surface area contributed by atoms with Gasteiger partial charge in [-0.25, -0.2) is 0 Å². The summed E-state index contributed by atoms with van der Waals surface area (Å²) in [7, 11) is 0. The predicted octanol–water partition coefficient (Wildman–Crippen LogP) is 2.56. The zero-order valence-electron chi connectivity index (χ0n) is 17.8. The van der Waals surface area contributed by atoms with Crippen LogP contribution in [0.1, 0.15) is 61.3 Å². The minimum Gasteiger partial charge on any atom is -0.466 e. The molecule has 3 atom stereocenters. The van der Waals surface area contributed by atoms with E-state index in [1.165, 1.54) is 0 Å². The molecule has 0 aliphatic carbocycles. The Hall–Kier alpha value is -0.730. The Bertz CT molecular complexity index is 271. The lowest BCUT2D eigenvalue weighted by Gasteiger charge is -2.16. The lowest BCUT2D eigenvalue weighted by Crippen LogP contribution is -2.24. The van der Waals surface area contributed by atoms with E-state index in [2.05, 4.69) is 0 Å². The maximum atomic E-state index is 10.3. The van der Waals surface area contributed by atoms with Gasteiger partial charge in [0.25, 0.3) is 0 Å². The molecule has 2 N–H and O–H groups in total. The van der Waals surface area contributed by atoms with Gasteiger partial charge in [0.15, 0.2) is 0 Å². The van der Waals surface area contributed by atoms with Crippen LogP contribution in [0.15, 0.2) is 0 Å². The van der Waals surface area contributed by atoms with Crippen molar-refractivity contribution in [3.8, 4) is 0 Å². The highest BCUT2D eigenvalue weighted by Crippen LogP contribution is 1.97. The fourth-order valence-corrected chi connectivity index (χ4v) is 1.23. The van der Waals surface area contributed by atoms with E-state index in [1.807, 2.05) is 27.7 Å². The molecule has 0 radical (unpaired) electrons. The number of aliphatic hydroxyl groups is 2. The number of aliphatic hydroxyl groups excluding tert-OH is 2. The van der Waals surface area contributed by atoms with E-state index in [-0.39, 0.29) is 24.8 Å². The third-order valence-electron chi connectivity index (χ3n) is 2.66. The zero-order valence-corrected chi connectivity index (χ0v) is 17.8. The molecule has 26 heavy (non-hydrogen) atoms. The van der Waals surface area contributed by atoms with Crippen molar-refractivity contribution in [1.29, 1.82) is 0 Å². The number of carbonyl (C=O) groups is 1. The van der Waals surface area contributed by atoms with Gasteiger partial charge >= 0.3 is 5.97 Å². The third kappa shape index (κ3) is 31.1. The molecule has 7 nitrogen and oxygen atoms in total. The highest BCUT2D eigenvalue weighted by Gasteiger charge is 2.07. The molecule has 160 valence electrons. The van der Waals surface area contributed by atoms with Gasteiger partial charge in [-0.05, 0) is 41.0 Å². The second-order valence-corrected chi connectivity index (χ2v) is 5.67. The first kappa shape index (κ1) is 30.0. The van der Waals surface area contributed by atoms with Crippen LogP contribution in [-0.4, -0.2) is 74.1 Å². The average Bonchev–Trinajstić information content (AvgIpc) is 2.63. The first-order chi connectivity index (χ1) is 12.3. The van der Waals surface area contributed by atoms with Crippen LogP contribution in [0.4, 0.5) is 0 Å². The van der Waals surface area contributed by atoms with Crippen LogP contribution < -0.4 is 0 Å². The quantitative estimate of drug-likeness (QED) is 0.501. The Morgan fingerprint density at radius 2 is 1.46 bits per heavy atom. The van der Waals surface area contributed by atoms with E-state index in [9.17, 15) is 4.79 Å². The number of esters is 1. The van der Waals surface area contributed by atoms with Crippen molar-refractivity contribution in [2.24, 2.45) is 0 Å². The van der Waals surface area contributed by atoms with E-state index in [0.29, 0.717) is 26.2 Å². The Labute approximate surface area is 160 Å². The van der Waals surface area contributed by atoms with Crippen molar-refractivity contribution < 1.29 is 34.0 Å². The molecule has 0 rings (SSSR count). The summed E-state index contributed by atoms with van der Waals surface area (Å²) in [5.41, 5.74) is 0. The molecule has 0 aromatic heterocycles. The maximum Gasteiger partial charge on any atom is 0.305 e. The molecule has 0 spiro atoms. The van der Waals surface area contributed by atoms with Gasteiger partial charge in [0, 0.05) is 19.6 Å². The zero-order chi connectivity index (χ0) is 20.8. The van der Waals surface area contributed by atoms with Gasteiger partial charge in [0.1, 0.15) is 0 Å². The van der Waals surface area contributed by atoms with E-state index in [0.717, 1.165) is 19.6 Å². The van der Waals surface area contributed by atoms with Crippen molar-refractivity contribution >= 4 is 5.97 Å². The van der Waals surface area contributed by atoms with E-state index in [1.54, 1.807) is 20.8 Å². The van der Waals surface area contributed by atoms with Gasteiger partial charge in [-0.15, -0.1) is 0 Å². The van der Waals surface area contributed by atoms with Crippen molar-refractivity contribution in [3.05, 3.63) is 0 Å². The maximum absolute atomic E-state index is 10.3. The van der Waals surface area contributed by atoms with Crippen LogP contribution in [0.5, 0.6) is 0 Å². The summed E-state index contributed by atoms with van der Waals surface area (Å²) in [5.74, 6) is -0.105. The molecule has 0 amide bonds. The van der Waals surface area contributed by atoms with Gasteiger partial charge in [-0.3, -0.25) is 4.79 Å². The van der Waals surface area contributed by atoms with Gasteiger partial charge in [0.2, 0.25) is 0 Å². The fraction of sp³-hybridized carbons (Fsp3) is 0.947. The molecule has 0 heterocycles. The van der Waals surface area contributed by atoms with Crippen LogP contribution in [0.3, 0.4) is 0 Å². The van der Waals surface area contributed by atoms with Crippen LogP contribution >= 0.6 is 0 Å². The summed E-state index contributed by atoms with van der Waals surface area (Å²) >= 11 is 0. The molecule has 0 aliphatic heterocycles. The Morgan fingerprint density at radius 1 is 0.923 bits per heavy atom. The minimum absolute atomic E-state index is 0.0170. The van der Waals surface area contributed by atoms with Crippen LogP contribution in [0.25, 0.3) is 0 Å². The van der Waals surface area contributed by atoms with Crippen molar-refractivity contribution in [3.63, 3.8) is 0 Å². The van der Waals surface area contributed by atoms with E-state index < -0.39 is 6.10 Å². The lowest BCUT2D eigenvalue weighted by atomic mass is 10.4. The van der Waals surface area contributed by atoms with E-state index in [4.69, 9.17) is 29.2 Å². The minimum atomic E-state index is -0.447.